The molecule has 0 aromatic carbocycles. The van der Waals surface area contributed by atoms with Crippen LogP contribution in [-0.2, 0) is 4.74 Å². The molecule has 1 aliphatic rings. The van der Waals surface area contributed by atoms with E-state index >= 15 is 0 Å². The van der Waals surface area contributed by atoms with Gasteiger partial charge in [-0.15, -0.1) is 0 Å². The van der Waals surface area contributed by atoms with Crippen LogP contribution in [0.25, 0.3) is 0 Å². The third-order valence-corrected chi connectivity index (χ3v) is 2.44. The predicted molar refractivity (Wildman–Crippen MR) is 37.2 cm³/mol. The second-order valence-electron chi connectivity index (χ2n) is 2.91. The number of rotatable bonds is 2. The topological polar surface area (TPSA) is 35.2 Å². The minimum Gasteiger partial charge on any atom is -0.377 e. The zero-order valence-electron chi connectivity index (χ0n) is 6.18. The Kier molecular flexibility index (Phi) is 1.78. The molecule has 2 nitrogen and oxygen atoms in total. The molecule has 1 atom stereocenters. The lowest BCUT2D eigenvalue weighted by atomic mass is 9.75. The van der Waals surface area contributed by atoms with Crippen molar-refractivity contribution in [1.82, 2.24) is 0 Å². The predicted octanol–water partition coefficient (Wildman–Crippen LogP) is 0.903. The van der Waals surface area contributed by atoms with Crippen molar-refractivity contribution < 1.29 is 4.74 Å². The number of ether oxygens (including phenoxy) is 1. The van der Waals surface area contributed by atoms with Crippen LogP contribution in [0.4, 0.5) is 0 Å². The normalized spacial score (nSPS) is 27.0. The molecule has 1 fully saturated rings. The monoisotopic (exact) mass is 129 g/mol. The molecule has 0 aromatic heterocycles. The van der Waals surface area contributed by atoms with E-state index in [2.05, 4.69) is 0 Å². The zero-order chi connectivity index (χ0) is 6.91. The van der Waals surface area contributed by atoms with Crippen LogP contribution in [0.5, 0.6) is 0 Å². The van der Waals surface area contributed by atoms with Crippen LogP contribution < -0.4 is 5.73 Å². The van der Waals surface area contributed by atoms with E-state index in [1.54, 1.807) is 7.11 Å². The van der Waals surface area contributed by atoms with Crippen molar-refractivity contribution in [3.8, 4) is 0 Å². The molecule has 0 heterocycles. The van der Waals surface area contributed by atoms with E-state index in [1.807, 2.05) is 6.92 Å². The molecular weight excluding hydrogens is 114 g/mol. The molecule has 0 radical (unpaired) electrons. The van der Waals surface area contributed by atoms with E-state index in [-0.39, 0.29) is 11.6 Å². The van der Waals surface area contributed by atoms with Gasteiger partial charge in [-0.05, 0) is 26.2 Å². The standard InChI is InChI=1S/C7H15NO/c1-6(8)7(9-2)4-3-5-7/h6H,3-5,8H2,1-2H3/t6-/m0/s1. The molecule has 1 aliphatic carbocycles. The van der Waals surface area contributed by atoms with Crippen molar-refractivity contribution in [3.63, 3.8) is 0 Å². The Labute approximate surface area is 56.4 Å². The summed E-state index contributed by atoms with van der Waals surface area (Å²) < 4.78 is 5.31. The number of hydrogen-bond donors (Lipinski definition) is 1. The third kappa shape index (κ3) is 0.970. The molecule has 0 spiro atoms. The molecule has 2 N–H and O–H groups in total. The summed E-state index contributed by atoms with van der Waals surface area (Å²) in [4.78, 5) is 0. The van der Waals surface area contributed by atoms with Crippen LogP contribution in [0, 0.1) is 0 Å². The van der Waals surface area contributed by atoms with E-state index in [9.17, 15) is 0 Å². The molecular formula is C7H15NO. The first-order valence-electron chi connectivity index (χ1n) is 3.52. The lowest BCUT2D eigenvalue weighted by molar-refractivity contribution is -0.0859. The molecule has 0 amide bonds. The van der Waals surface area contributed by atoms with Gasteiger partial charge in [-0.1, -0.05) is 0 Å². The third-order valence-electron chi connectivity index (χ3n) is 2.44. The highest BCUT2D eigenvalue weighted by atomic mass is 16.5. The largest absolute Gasteiger partial charge is 0.377 e. The van der Waals surface area contributed by atoms with Crippen molar-refractivity contribution in [3.05, 3.63) is 0 Å². The van der Waals surface area contributed by atoms with Crippen LogP contribution in [-0.4, -0.2) is 18.8 Å². The minimum absolute atomic E-state index is 0.0417. The van der Waals surface area contributed by atoms with Crippen LogP contribution >= 0.6 is 0 Å². The summed E-state index contributed by atoms with van der Waals surface area (Å²) in [6.07, 6.45) is 3.55. The molecule has 1 rings (SSSR count). The highest BCUT2D eigenvalue weighted by Crippen LogP contribution is 2.36. The molecule has 1 saturated carbocycles. The molecule has 2 heteroatoms. The van der Waals surface area contributed by atoms with Crippen molar-refractivity contribution in [1.29, 1.82) is 0 Å². The average molecular weight is 129 g/mol. The van der Waals surface area contributed by atoms with Gasteiger partial charge in [0.25, 0.3) is 0 Å². The van der Waals surface area contributed by atoms with E-state index in [0.717, 1.165) is 12.8 Å². The lowest BCUT2D eigenvalue weighted by Gasteiger charge is -2.43. The average Bonchev–Trinajstić information content (AvgIpc) is 1.62. The van der Waals surface area contributed by atoms with Crippen LogP contribution in [0.3, 0.4) is 0 Å². The van der Waals surface area contributed by atoms with Crippen molar-refractivity contribution in [2.75, 3.05) is 7.11 Å². The van der Waals surface area contributed by atoms with Gasteiger partial charge in [0.1, 0.15) is 0 Å². The second kappa shape index (κ2) is 2.27. The molecule has 0 saturated heterocycles. The van der Waals surface area contributed by atoms with Gasteiger partial charge in [0.05, 0.1) is 5.60 Å². The Morgan fingerprint density at radius 3 is 2.11 bits per heavy atom. The van der Waals surface area contributed by atoms with Crippen LogP contribution in [0.1, 0.15) is 26.2 Å². The van der Waals surface area contributed by atoms with Gasteiger partial charge >= 0.3 is 0 Å². The van der Waals surface area contributed by atoms with E-state index in [0.29, 0.717) is 0 Å². The minimum atomic E-state index is 0.0417. The fourth-order valence-corrected chi connectivity index (χ4v) is 1.37. The number of methoxy groups -OCH3 is 1. The van der Waals surface area contributed by atoms with Gasteiger partial charge in [0.15, 0.2) is 0 Å². The van der Waals surface area contributed by atoms with Gasteiger partial charge in [0, 0.05) is 13.2 Å². The molecule has 0 bridgehead atoms. The summed E-state index contributed by atoms with van der Waals surface area (Å²) >= 11 is 0. The number of hydrogen-bond acceptors (Lipinski definition) is 2. The maximum Gasteiger partial charge on any atom is 0.0826 e. The van der Waals surface area contributed by atoms with Crippen molar-refractivity contribution >= 4 is 0 Å². The maximum atomic E-state index is 5.72. The highest BCUT2D eigenvalue weighted by Gasteiger charge is 2.40. The molecule has 9 heavy (non-hydrogen) atoms. The Morgan fingerprint density at radius 1 is 1.56 bits per heavy atom. The Bertz CT molecular complexity index is 91.6. The van der Waals surface area contributed by atoms with E-state index in [4.69, 9.17) is 10.5 Å². The summed E-state index contributed by atoms with van der Waals surface area (Å²) in [6.45, 7) is 2.02. The SMILES string of the molecule is COC1([C@H](C)N)CCC1. The summed E-state index contributed by atoms with van der Waals surface area (Å²) in [5, 5.41) is 0. The molecule has 0 unspecified atom stereocenters. The fourth-order valence-electron chi connectivity index (χ4n) is 1.37. The first-order valence-corrected chi connectivity index (χ1v) is 3.52. The van der Waals surface area contributed by atoms with Gasteiger partial charge in [-0.25, -0.2) is 0 Å². The van der Waals surface area contributed by atoms with Gasteiger partial charge in [-0.2, -0.15) is 0 Å². The maximum absolute atomic E-state index is 5.72. The van der Waals surface area contributed by atoms with Crippen molar-refractivity contribution in [2.24, 2.45) is 5.73 Å². The second-order valence-corrected chi connectivity index (χ2v) is 2.91. The van der Waals surface area contributed by atoms with Gasteiger partial charge in [-0.3, -0.25) is 0 Å². The number of nitrogens with two attached hydrogens (primary N) is 1. The summed E-state index contributed by atoms with van der Waals surface area (Å²) in [6, 6.07) is 0.191. The first-order chi connectivity index (χ1) is 4.21. The van der Waals surface area contributed by atoms with Crippen LogP contribution in [0.15, 0.2) is 0 Å². The van der Waals surface area contributed by atoms with Gasteiger partial charge < -0.3 is 10.5 Å². The highest BCUT2D eigenvalue weighted by molar-refractivity contribution is 4.95. The Morgan fingerprint density at radius 2 is 2.11 bits per heavy atom. The lowest BCUT2D eigenvalue weighted by Crippen LogP contribution is -2.52. The quantitative estimate of drug-likeness (QED) is 0.601. The Balaban J connectivity index is 2.46. The first kappa shape index (κ1) is 7.03. The van der Waals surface area contributed by atoms with Crippen LogP contribution in [0.2, 0.25) is 0 Å². The molecule has 0 aliphatic heterocycles. The van der Waals surface area contributed by atoms with E-state index in [1.165, 1.54) is 6.42 Å². The summed E-state index contributed by atoms with van der Waals surface area (Å²) in [5.41, 5.74) is 5.76. The van der Waals surface area contributed by atoms with Gasteiger partial charge in [0.2, 0.25) is 0 Å². The van der Waals surface area contributed by atoms with Crippen molar-refractivity contribution in [2.45, 2.75) is 37.8 Å². The van der Waals surface area contributed by atoms with E-state index < -0.39 is 0 Å². The zero-order valence-corrected chi connectivity index (χ0v) is 6.18. The summed E-state index contributed by atoms with van der Waals surface area (Å²) in [5.74, 6) is 0. The Hall–Kier alpha value is -0.0800. The summed E-state index contributed by atoms with van der Waals surface area (Å²) in [7, 11) is 1.75. The molecule has 54 valence electrons. The fraction of sp³-hybridized carbons (Fsp3) is 1.00. The molecule has 0 aromatic rings. The smallest absolute Gasteiger partial charge is 0.0826 e.